The van der Waals surface area contributed by atoms with E-state index in [-0.39, 0.29) is 11.9 Å². The number of nitrogens with two attached hydrogens (primary N) is 1. The highest BCUT2D eigenvalue weighted by atomic mass is 19.1. The first-order chi connectivity index (χ1) is 12.9. The Morgan fingerprint density at radius 3 is 2.11 bits per heavy atom. The summed E-state index contributed by atoms with van der Waals surface area (Å²) in [6.45, 7) is 10.7. The van der Waals surface area contributed by atoms with Crippen LogP contribution in [0.15, 0.2) is 48.5 Å². The molecule has 0 aliphatic heterocycles. The van der Waals surface area contributed by atoms with E-state index in [0.29, 0.717) is 5.92 Å². The van der Waals surface area contributed by atoms with E-state index in [1.165, 1.54) is 36.1 Å². The van der Waals surface area contributed by atoms with Gasteiger partial charge in [-0.05, 0) is 61.9 Å². The number of benzene rings is 2. The Hall–Kier alpha value is -1.87. The number of quaternary nitrogens is 1. The SMILES string of the molecule is CC(C)CC[C@@H](CC[NH2+]Cc1ccc(F)cc1)c1ccc(OC(C)C)cc1. The molecule has 2 aromatic carbocycles. The summed E-state index contributed by atoms with van der Waals surface area (Å²) < 4.78 is 18.8. The molecule has 0 unspecified atom stereocenters. The van der Waals surface area contributed by atoms with Crippen molar-refractivity contribution in [3.8, 4) is 5.75 Å². The summed E-state index contributed by atoms with van der Waals surface area (Å²) in [6.07, 6.45) is 3.81. The maximum absolute atomic E-state index is 13.0. The van der Waals surface area contributed by atoms with Gasteiger partial charge in [-0.3, -0.25) is 0 Å². The Morgan fingerprint density at radius 2 is 1.52 bits per heavy atom. The van der Waals surface area contributed by atoms with Crippen LogP contribution >= 0.6 is 0 Å². The lowest BCUT2D eigenvalue weighted by molar-refractivity contribution is -0.671. The third kappa shape index (κ3) is 8.13. The number of rotatable bonds is 11. The Labute approximate surface area is 164 Å². The monoisotopic (exact) mass is 372 g/mol. The van der Waals surface area contributed by atoms with E-state index in [0.717, 1.165) is 31.2 Å². The summed E-state index contributed by atoms with van der Waals surface area (Å²) in [5.41, 5.74) is 2.58. The van der Waals surface area contributed by atoms with Gasteiger partial charge in [-0.2, -0.15) is 0 Å². The first-order valence-electron chi connectivity index (χ1n) is 10.3. The zero-order chi connectivity index (χ0) is 19.6. The lowest BCUT2D eigenvalue weighted by Gasteiger charge is -2.19. The van der Waals surface area contributed by atoms with E-state index in [1.54, 1.807) is 0 Å². The van der Waals surface area contributed by atoms with Gasteiger partial charge in [0, 0.05) is 12.0 Å². The zero-order valence-electron chi connectivity index (χ0n) is 17.2. The molecule has 0 spiro atoms. The van der Waals surface area contributed by atoms with Crippen molar-refractivity contribution in [2.75, 3.05) is 6.54 Å². The summed E-state index contributed by atoms with van der Waals surface area (Å²) in [5, 5.41) is 2.33. The molecule has 27 heavy (non-hydrogen) atoms. The van der Waals surface area contributed by atoms with Crippen LogP contribution in [-0.4, -0.2) is 12.6 Å². The third-order valence-corrected chi connectivity index (χ3v) is 4.83. The van der Waals surface area contributed by atoms with Crippen LogP contribution in [0.1, 0.15) is 64.0 Å². The molecule has 0 bridgehead atoms. The largest absolute Gasteiger partial charge is 0.491 e. The van der Waals surface area contributed by atoms with Crippen LogP contribution in [0.4, 0.5) is 4.39 Å². The molecule has 148 valence electrons. The molecule has 0 amide bonds. The first kappa shape index (κ1) is 21.4. The number of hydrogen-bond donors (Lipinski definition) is 1. The van der Waals surface area contributed by atoms with Crippen LogP contribution < -0.4 is 10.1 Å². The van der Waals surface area contributed by atoms with Gasteiger partial charge < -0.3 is 10.1 Å². The van der Waals surface area contributed by atoms with Crippen LogP contribution in [0.25, 0.3) is 0 Å². The van der Waals surface area contributed by atoms with Gasteiger partial charge in [-0.25, -0.2) is 4.39 Å². The molecule has 0 radical (unpaired) electrons. The van der Waals surface area contributed by atoms with Crippen molar-refractivity contribution < 1.29 is 14.4 Å². The van der Waals surface area contributed by atoms with Crippen molar-refractivity contribution in [1.29, 1.82) is 0 Å². The first-order valence-corrected chi connectivity index (χ1v) is 10.3. The van der Waals surface area contributed by atoms with E-state index >= 15 is 0 Å². The fourth-order valence-corrected chi connectivity index (χ4v) is 3.31. The quantitative estimate of drug-likeness (QED) is 0.533. The number of halogens is 1. The Bertz CT molecular complexity index is 649. The average Bonchev–Trinajstić information content (AvgIpc) is 2.63. The highest BCUT2D eigenvalue weighted by Crippen LogP contribution is 2.28. The van der Waals surface area contributed by atoms with Crippen LogP contribution in [0.5, 0.6) is 5.75 Å². The molecule has 2 N–H and O–H groups in total. The maximum atomic E-state index is 13.0. The molecule has 0 fully saturated rings. The van der Waals surface area contributed by atoms with Crippen molar-refractivity contribution in [1.82, 2.24) is 0 Å². The molecular formula is C24H35FNO+. The minimum atomic E-state index is -0.169. The molecule has 2 nitrogen and oxygen atoms in total. The van der Waals surface area contributed by atoms with Crippen molar-refractivity contribution >= 4 is 0 Å². The molecular weight excluding hydrogens is 337 g/mol. The zero-order valence-corrected chi connectivity index (χ0v) is 17.2. The van der Waals surface area contributed by atoms with E-state index in [1.807, 2.05) is 12.1 Å². The van der Waals surface area contributed by atoms with Crippen LogP contribution in [-0.2, 0) is 6.54 Å². The molecule has 0 saturated carbocycles. The van der Waals surface area contributed by atoms with Crippen LogP contribution in [0.2, 0.25) is 0 Å². The Morgan fingerprint density at radius 1 is 0.852 bits per heavy atom. The van der Waals surface area contributed by atoms with Crippen molar-refractivity contribution in [2.45, 2.75) is 65.5 Å². The van der Waals surface area contributed by atoms with Gasteiger partial charge >= 0.3 is 0 Å². The van der Waals surface area contributed by atoms with Gasteiger partial charge in [0.05, 0.1) is 12.6 Å². The van der Waals surface area contributed by atoms with Crippen LogP contribution in [0.3, 0.4) is 0 Å². The molecule has 0 aliphatic carbocycles. The molecule has 0 saturated heterocycles. The van der Waals surface area contributed by atoms with E-state index in [4.69, 9.17) is 4.74 Å². The standard InChI is InChI=1S/C24H34FNO/c1-18(2)5-8-22(21-9-13-24(14-10-21)27-19(3)4)15-16-26-17-20-6-11-23(25)12-7-20/h6-7,9-14,18-19,22,26H,5,8,15-17H2,1-4H3/p+1/t22-/m0/s1. The highest BCUT2D eigenvalue weighted by Gasteiger charge is 2.14. The normalized spacial score (nSPS) is 12.6. The summed E-state index contributed by atoms with van der Waals surface area (Å²) in [6, 6.07) is 15.5. The van der Waals surface area contributed by atoms with Gasteiger partial charge in [0.25, 0.3) is 0 Å². The van der Waals surface area contributed by atoms with Crippen molar-refractivity contribution in [2.24, 2.45) is 5.92 Å². The highest BCUT2D eigenvalue weighted by molar-refractivity contribution is 5.29. The lowest BCUT2D eigenvalue weighted by atomic mass is 9.88. The summed E-state index contributed by atoms with van der Waals surface area (Å²) >= 11 is 0. The van der Waals surface area contributed by atoms with Gasteiger partial charge in [-0.15, -0.1) is 0 Å². The van der Waals surface area contributed by atoms with Gasteiger partial charge in [0.2, 0.25) is 0 Å². The Kier molecular flexibility index (Phi) is 8.80. The third-order valence-electron chi connectivity index (χ3n) is 4.83. The fraction of sp³-hybridized carbons (Fsp3) is 0.500. The minimum absolute atomic E-state index is 0.169. The molecule has 2 rings (SSSR count). The van der Waals surface area contributed by atoms with Gasteiger partial charge in [0.1, 0.15) is 18.1 Å². The second-order valence-corrected chi connectivity index (χ2v) is 8.10. The second-order valence-electron chi connectivity index (χ2n) is 8.10. The minimum Gasteiger partial charge on any atom is -0.491 e. The van der Waals surface area contributed by atoms with Crippen LogP contribution in [0, 0.1) is 11.7 Å². The lowest BCUT2D eigenvalue weighted by Crippen LogP contribution is -2.82. The molecule has 0 heterocycles. The van der Waals surface area contributed by atoms with E-state index < -0.39 is 0 Å². The molecule has 2 aromatic rings. The molecule has 0 aromatic heterocycles. The van der Waals surface area contributed by atoms with Gasteiger partial charge in [0.15, 0.2) is 0 Å². The fourth-order valence-electron chi connectivity index (χ4n) is 3.31. The summed E-state index contributed by atoms with van der Waals surface area (Å²) in [5.74, 6) is 2.07. The predicted molar refractivity (Wildman–Crippen MR) is 111 cm³/mol. The number of hydrogen-bond acceptors (Lipinski definition) is 1. The maximum Gasteiger partial charge on any atom is 0.123 e. The Balaban J connectivity index is 1.89. The van der Waals surface area contributed by atoms with Gasteiger partial charge in [-0.1, -0.05) is 44.5 Å². The molecule has 3 heteroatoms. The van der Waals surface area contributed by atoms with Crippen molar-refractivity contribution in [3.63, 3.8) is 0 Å². The number of ether oxygens (including phenoxy) is 1. The van der Waals surface area contributed by atoms with E-state index in [2.05, 4.69) is 57.3 Å². The average molecular weight is 373 g/mol. The summed E-state index contributed by atoms with van der Waals surface area (Å²) in [4.78, 5) is 0. The van der Waals surface area contributed by atoms with E-state index in [9.17, 15) is 4.39 Å². The second kappa shape index (κ2) is 11.1. The molecule has 1 atom stereocenters. The molecule has 0 aliphatic rings. The topological polar surface area (TPSA) is 25.8 Å². The van der Waals surface area contributed by atoms with Crippen molar-refractivity contribution in [3.05, 3.63) is 65.5 Å². The smallest absolute Gasteiger partial charge is 0.123 e. The summed E-state index contributed by atoms with van der Waals surface area (Å²) in [7, 11) is 0. The predicted octanol–water partition coefficient (Wildman–Crippen LogP) is 5.29.